The molecule has 1 aromatic heterocycles. The SMILES string of the molecule is CC(C)(C)OC(=O)Cc1ccc2nn(CC(=O)N3CCN(C(=O)C4CC4)CC3)cc2c1. The van der Waals surface area contributed by atoms with Crippen molar-refractivity contribution in [3.05, 3.63) is 30.0 Å². The Kier molecular flexibility index (Phi) is 5.73. The Labute approximate surface area is 182 Å². The van der Waals surface area contributed by atoms with E-state index in [1.165, 1.54) is 0 Å². The minimum Gasteiger partial charge on any atom is -0.460 e. The number of benzene rings is 1. The van der Waals surface area contributed by atoms with Crippen molar-refractivity contribution in [3.8, 4) is 0 Å². The van der Waals surface area contributed by atoms with E-state index in [1.54, 1.807) is 9.58 Å². The van der Waals surface area contributed by atoms with Crippen LogP contribution in [0.15, 0.2) is 24.4 Å². The van der Waals surface area contributed by atoms with Crippen LogP contribution in [-0.2, 0) is 32.1 Å². The standard InChI is InChI=1S/C23H30N4O4/c1-23(2,3)31-21(29)13-16-4-7-19-18(12-16)14-27(24-19)15-20(28)25-8-10-26(11-9-25)22(30)17-5-6-17/h4,7,12,14,17H,5-6,8-11,13,15H2,1-3H3. The maximum Gasteiger partial charge on any atom is 0.310 e. The molecule has 1 saturated heterocycles. The second-order valence-corrected chi connectivity index (χ2v) is 9.46. The molecule has 4 rings (SSSR count). The molecule has 1 saturated carbocycles. The number of rotatable bonds is 5. The van der Waals surface area contributed by atoms with Crippen molar-refractivity contribution in [2.75, 3.05) is 26.2 Å². The number of nitrogens with zero attached hydrogens (tertiary/aromatic N) is 4. The molecule has 2 heterocycles. The highest BCUT2D eigenvalue weighted by Crippen LogP contribution is 2.31. The van der Waals surface area contributed by atoms with E-state index in [0.29, 0.717) is 26.2 Å². The van der Waals surface area contributed by atoms with Gasteiger partial charge in [-0.25, -0.2) is 0 Å². The molecule has 2 aromatic rings. The molecule has 0 bridgehead atoms. The summed E-state index contributed by atoms with van der Waals surface area (Å²) in [6.45, 7) is 8.05. The van der Waals surface area contributed by atoms with E-state index in [0.717, 1.165) is 29.3 Å². The van der Waals surface area contributed by atoms with Gasteiger partial charge in [0.15, 0.2) is 0 Å². The topological polar surface area (TPSA) is 84.7 Å². The predicted octanol–water partition coefficient (Wildman–Crippen LogP) is 2.00. The first kappa shape index (κ1) is 21.3. The van der Waals surface area contributed by atoms with Crippen LogP contribution in [0.1, 0.15) is 39.2 Å². The lowest BCUT2D eigenvalue weighted by atomic mass is 10.1. The van der Waals surface area contributed by atoms with Crippen molar-refractivity contribution in [1.29, 1.82) is 0 Å². The van der Waals surface area contributed by atoms with Gasteiger partial charge in [-0.2, -0.15) is 5.10 Å². The highest BCUT2D eigenvalue weighted by molar-refractivity contribution is 5.83. The van der Waals surface area contributed by atoms with Gasteiger partial charge in [0.05, 0.1) is 11.9 Å². The van der Waals surface area contributed by atoms with Gasteiger partial charge in [-0.05, 0) is 51.3 Å². The Bertz CT molecular complexity index is 995. The summed E-state index contributed by atoms with van der Waals surface area (Å²) in [7, 11) is 0. The van der Waals surface area contributed by atoms with Crippen LogP contribution in [0.2, 0.25) is 0 Å². The van der Waals surface area contributed by atoms with Gasteiger partial charge in [-0.15, -0.1) is 0 Å². The lowest BCUT2D eigenvalue weighted by molar-refractivity contribution is -0.153. The Morgan fingerprint density at radius 2 is 1.74 bits per heavy atom. The van der Waals surface area contributed by atoms with Crippen LogP contribution in [0.4, 0.5) is 0 Å². The zero-order chi connectivity index (χ0) is 22.2. The van der Waals surface area contributed by atoms with Crippen molar-refractivity contribution in [3.63, 3.8) is 0 Å². The molecule has 0 atom stereocenters. The van der Waals surface area contributed by atoms with E-state index in [2.05, 4.69) is 5.10 Å². The molecule has 0 unspecified atom stereocenters. The molecule has 1 aromatic carbocycles. The normalized spacial score (nSPS) is 17.1. The minimum absolute atomic E-state index is 0.000283. The molecule has 166 valence electrons. The van der Waals surface area contributed by atoms with E-state index in [9.17, 15) is 14.4 Å². The fraction of sp³-hybridized carbons (Fsp3) is 0.565. The number of ether oxygens (including phenoxy) is 1. The second kappa shape index (κ2) is 8.32. The molecule has 8 nitrogen and oxygen atoms in total. The Hall–Kier alpha value is -2.90. The smallest absolute Gasteiger partial charge is 0.310 e. The summed E-state index contributed by atoms with van der Waals surface area (Å²) in [5, 5.41) is 5.37. The first-order valence-electron chi connectivity index (χ1n) is 10.9. The quantitative estimate of drug-likeness (QED) is 0.683. The molecule has 8 heteroatoms. The Balaban J connectivity index is 1.34. The molecular weight excluding hydrogens is 396 g/mol. The number of hydrogen-bond donors (Lipinski definition) is 0. The van der Waals surface area contributed by atoms with E-state index >= 15 is 0 Å². The second-order valence-electron chi connectivity index (χ2n) is 9.46. The summed E-state index contributed by atoms with van der Waals surface area (Å²) in [5.74, 6) is 0.195. The molecule has 31 heavy (non-hydrogen) atoms. The molecule has 2 fully saturated rings. The molecule has 2 aliphatic rings. The zero-order valence-corrected chi connectivity index (χ0v) is 18.5. The third-order valence-electron chi connectivity index (χ3n) is 5.55. The van der Waals surface area contributed by atoms with Gasteiger partial charge in [0, 0.05) is 43.7 Å². The van der Waals surface area contributed by atoms with E-state index in [-0.39, 0.29) is 36.7 Å². The summed E-state index contributed by atoms with van der Waals surface area (Å²) < 4.78 is 7.03. The highest BCUT2D eigenvalue weighted by Gasteiger charge is 2.35. The fourth-order valence-corrected chi connectivity index (χ4v) is 3.86. The maximum atomic E-state index is 12.7. The number of aromatic nitrogens is 2. The first-order valence-corrected chi connectivity index (χ1v) is 10.9. The van der Waals surface area contributed by atoms with E-state index in [1.807, 2.05) is 50.1 Å². The molecule has 1 aliphatic carbocycles. The van der Waals surface area contributed by atoms with Crippen molar-refractivity contribution in [1.82, 2.24) is 19.6 Å². The summed E-state index contributed by atoms with van der Waals surface area (Å²) in [6, 6.07) is 5.63. The van der Waals surface area contributed by atoms with Gasteiger partial charge in [0.2, 0.25) is 11.8 Å². The Morgan fingerprint density at radius 1 is 1.06 bits per heavy atom. The van der Waals surface area contributed by atoms with Crippen LogP contribution >= 0.6 is 0 Å². The number of hydrogen-bond acceptors (Lipinski definition) is 5. The number of carbonyl (C=O) groups excluding carboxylic acids is 3. The molecule has 0 radical (unpaired) electrons. The average molecular weight is 427 g/mol. The van der Waals surface area contributed by atoms with Crippen LogP contribution in [0.25, 0.3) is 10.9 Å². The molecule has 2 amide bonds. The maximum absolute atomic E-state index is 12.7. The van der Waals surface area contributed by atoms with Gasteiger partial charge in [0.25, 0.3) is 0 Å². The monoisotopic (exact) mass is 426 g/mol. The number of carbonyl (C=O) groups is 3. The van der Waals surface area contributed by atoms with Crippen molar-refractivity contribution < 1.29 is 19.1 Å². The zero-order valence-electron chi connectivity index (χ0n) is 18.5. The largest absolute Gasteiger partial charge is 0.460 e. The molecule has 0 spiro atoms. The summed E-state index contributed by atoms with van der Waals surface area (Å²) in [5.41, 5.74) is 1.12. The molecule has 1 aliphatic heterocycles. The van der Waals surface area contributed by atoms with Crippen LogP contribution in [0.3, 0.4) is 0 Å². The average Bonchev–Trinajstić information content (AvgIpc) is 3.46. The summed E-state index contributed by atoms with van der Waals surface area (Å²) >= 11 is 0. The Morgan fingerprint density at radius 3 is 2.39 bits per heavy atom. The minimum atomic E-state index is -0.511. The van der Waals surface area contributed by atoms with E-state index in [4.69, 9.17) is 4.74 Å². The van der Waals surface area contributed by atoms with Crippen molar-refractivity contribution in [2.24, 2.45) is 5.92 Å². The molecular formula is C23H30N4O4. The van der Waals surface area contributed by atoms with Gasteiger partial charge in [-0.1, -0.05) is 6.07 Å². The lowest BCUT2D eigenvalue weighted by Crippen LogP contribution is -2.51. The van der Waals surface area contributed by atoms with Crippen LogP contribution < -0.4 is 0 Å². The van der Waals surface area contributed by atoms with Crippen LogP contribution in [0.5, 0.6) is 0 Å². The van der Waals surface area contributed by atoms with Crippen molar-refractivity contribution in [2.45, 2.75) is 52.2 Å². The molecule has 0 N–H and O–H groups in total. The number of amides is 2. The van der Waals surface area contributed by atoms with Crippen molar-refractivity contribution >= 4 is 28.7 Å². The summed E-state index contributed by atoms with van der Waals surface area (Å²) in [4.78, 5) is 40.6. The van der Waals surface area contributed by atoms with Gasteiger partial charge in [-0.3, -0.25) is 19.1 Å². The van der Waals surface area contributed by atoms with Gasteiger partial charge >= 0.3 is 5.97 Å². The first-order chi connectivity index (χ1) is 14.7. The van der Waals surface area contributed by atoms with E-state index < -0.39 is 5.60 Å². The number of piperazine rings is 1. The predicted molar refractivity (Wildman–Crippen MR) is 115 cm³/mol. The van der Waals surface area contributed by atoms with Gasteiger partial charge in [0.1, 0.15) is 12.1 Å². The number of esters is 1. The summed E-state index contributed by atoms with van der Waals surface area (Å²) in [6.07, 6.45) is 4.04. The van der Waals surface area contributed by atoms with Crippen LogP contribution in [-0.4, -0.2) is 69.1 Å². The van der Waals surface area contributed by atoms with Gasteiger partial charge < -0.3 is 14.5 Å². The lowest BCUT2D eigenvalue weighted by Gasteiger charge is -2.34. The fourth-order valence-electron chi connectivity index (χ4n) is 3.86. The third-order valence-corrected chi connectivity index (χ3v) is 5.55. The third kappa shape index (κ3) is 5.42. The van der Waals surface area contributed by atoms with Crippen LogP contribution in [0, 0.1) is 5.92 Å². The number of fused-ring (bicyclic) bond motifs is 1. The highest BCUT2D eigenvalue weighted by atomic mass is 16.6.